The summed E-state index contributed by atoms with van der Waals surface area (Å²) in [7, 11) is -3.78. The molecule has 0 saturated heterocycles. The lowest BCUT2D eigenvalue weighted by Crippen LogP contribution is -2.28. The molecule has 0 spiro atoms. The Morgan fingerprint density at radius 2 is 2.16 bits per heavy atom. The standard InChI is InChI=1S/C12H15FN2O2S2/c13-9-2-1-3-10(11(9)12(14)18)19(16,17)15-7-6-8-4-5-8/h1-3,8,15H,4-7H2,(H2,14,18). The zero-order valence-electron chi connectivity index (χ0n) is 10.2. The lowest BCUT2D eigenvalue weighted by atomic mass is 10.2. The fourth-order valence-corrected chi connectivity index (χ4v) is 3.40. The van der Waals surface area contributed by atoms with Gasteiger partial charge in [-0.05, 0) is 24.5 Å². The third-order valence-electron chi connectivity index (χ3n) is 3.05. The lowest BCUT2D eigenvalue weighted by molar-refractivity contribution is 0.571. The van der Waals surface area contributed by atoms with Crippen molar-refractivity contribution in [2.45, 2.75) is 24.2 Å². The molecule has 0 atom stereocenters. The fourth-order valence-electron chi connectivity index (χ4n) is 1.85. The average molecular weight is 302 g/mol. The van der Waals surface area contributed by atoms with E-state index in [1.165, 1.54) is 12.1 Å². The minimum Gasteiger partial charge on any atom is -0.389 e. The van der Waals surface area contributed by atoms with Crippen LogP contribution in [0.5, 0.6) is 0 Å². The highest BCUT2D eigenvalue weighted by molar-refractivity contribution is 7.89. The Bertz CT molecular complexity index is 598. The number of thiocarbonyl (C=S) groups is 1. The molecule has 1 saturated carbocycles. The molecule has 1 aromatic rings. The van der Waals surface area contributed by atoms with E-state index in [1.807, 2.05) is 0 Å². The summed E-state index contributed by atoms with van der Waals surface area (Å²) in [6.07, 6.45) is 3.11. The van der Waals surface area contributed by atoms with Crippen LogP contribution in [-0.2, 0) is 10.0 Å². The molecular formula is C12H15FN2O2S2. The van der Waals surface area contributed by atoms with Gasteiger partial charge in [-0.2, -0.15) is 0 Å². The van der Waals surface area contributed by atoms with Gasteiger partial charge < -0.3 is 5.73 Å². The van der Waals surface area contributed by atoms with Crippen molar-refractivity contribution in [3.63, 3.8) is 0 Å². The van der Waals surface area contributed by atoms with E-state index in [0.29, 0.717) is 12.5 Å². The van der Waals surface area contributed by atoms with Gasteiger partial charge in [0.25, 0.3) is 0 Å². The number of rotatable bonds is 6. The Balaban J connectivity index is 2.23. The molecule has 3 N–H and O–H groups in total. The minimum atomic E-state index is -3.78. The third kappa shape index (κ3) is 3.49. The largest absolute Gasteiger partial charge is 0.389 e. The first-order valence-electron chi connectivity index (χ1n) is 6.00. The van der Waals surface area contributed by atoms with Gasteiger partial charge >= 0.3 is 0 Å². The average Bonchev–Trinajstić information content (AvgIpc) is 3.12. The van der Waals surface area contributed by atoms with Crippen LogP contribution in [0.3, 0.4) is 0 Å². The minimum absolute atomic E-state index is 0.198. The second kappa shape index (κ2) is 5.52. The molecule has 104 valence electrons. The number of benzene rings is 1. The molecule has 0 aliphatic heterocycles. The Kier molecular flexibility index (Phi) is 4.17. The van der Waals surface area contributed by atoms with Gasteiger partial charge in [-0.25, -0.2) is 17.5 Å². The zero-order chi connectivity index (χ0) is 14.0. The number of nitrogens with one attached hydrogen (secondary N) is 1. The van der Waals surface area contributed by atoms with Gasteiger partial charge in [-0.15, -0.1) is 0 Å². The molecule has 1 aliphatic carbocycles. The molecule has 0 aromatic heterocycles. The SMILES string of the molecule is NC(=S)c1c(F)cccc1S(=O)(=O)NCCC1CC1. The number of hydrogen-bond donors (Lipinski definition) is 2. The summed E-state index contributed by atoms with van der Waals surface area (Å²) >= 11 is 4.72. The van der Waals surface area contributed by atoms with Crippen molar-refractivity contribution in [3.8, 4) is 0 Å². The zero-order valence-corrected chi connectivity index (χ0v) is 11.9. The van der Waals surface area contributed by atoms with Crippen LogP contribution in [0.25, 0.3) is 0 Å². The lowest BCUT2D eigenvalue weighted by Gasteiger charge is -2.11. The van der Waals surface area contributed by atoms with Gasteiger partial charge in [0.15, 0.2) is 0 Å². The van der Waals surface area contributed by atoms with Crippen molar-refractivity contribution in [1.82, 2.24) is 4.72 Å². The normalized spacial score (nSPS) is 15.4. The molecular weight excluding hydrogens is 287 g/mol. The first-order valence-corrected chi connectivity index (χ1v) is 7.89. The molecule has 1 fully saturated rings. The predicted octanol–water partition coefficient (Wildman–Crippen LogP) is 1.54. The molecule has 7 heteroatoms. The summed E-state index contributed by atoms with van der Waals surface area (Å²) in [5.41, 5.74) is 5.17. The molecule has 2 rings (SSSR count). The van der Waals surface area contributed by atoms with Gasteiger partial charge in [0.1, 0.15) is 10.8 Å². The van der Waals surface area contributed by atoms with E-state index in [-0.39, 0.29) is 15.4 Å². The Morgan fingerprint density at radius 1 is 1.47 bits per heavy atom. The quantitative estimate of drug-likeness (QED) is 0.782. The second-order valence-corrected chi connectivity index (χ2v) is 6.78. The van der Waals surface area contributed by atoms with Crippen LogP contribution in [0.4, 0.5) is 4.39 Å². The van der Waals surface area contributed by atoms with Gasteiger partial charge in [-0.1, -0.05) is 31.1 Å². The van der Waals surface area contributed by atoms with Crippen LogP contribution >= 0.6 is 12.2 Å². The van der Waals surface area contributed by atoms with Gasteiger partial charge in [0.2, 0.25) is 10.0 Å². The van der Waals surface area contributed by atoms with Crippen molar-refractivity contribution in [2.24, 2.45) is 11.7 Å². The van der Waals surface area contributed by atoms with Crippen LogP contribution in [0.2, 0.25) is 0 Å². The molecule has 1 aromatic carbocycles. The van der Waals surface area contributed by atoms with Crippen LogP contribution in [0, 0.1) is 11.7 Å². The Labute approximate surface area is 117 Å². The number of sulfonamides is 1. The topological polar surface area (TPSA) is 72.2 Å². The monoisotopic (exact) mass is 302 g/mol. The van der Waals surface area contributed by atoms with Crippen LogP contribution < -0.4 is 10.5 Å². The molecule has 1 aliphatic rings. The molecule has 0 bridgehead atoms. The van der Waals surface area contributed by atoms with Crippen LogP contribution in [-0.4, -0.2) is 20.0 Å². The van der Waals surface area contributed by atoms with Gasteiger partial charge in [-0.3, -0.25) is 0 Å². The van der Waals surface area contributed by atoms with E-state index in [1.54, 1.807) is 0 Å². The van der Waals surface area contributed by atoms with Gasteiger partial charge in [0, 0.05) is 6.54 Å². The summed E-state index contributed by atoms with van der Waals surface area (Å²) in [4.78, 5) is -0.462. The van der Waals surface area contributed by atoms with E-state index < -0.39 is 15.8 Å². The fraction of sp³-hybridized carbons (Fsp3) is 0.417. The van der Waals surface area contributed by atoms with Crippen molar-refractivity contribution < 1.29 is 12.8 Å². The van der Waals surface area contributed by atoms with E-state index in [4.69, 9.17) is 18.0 Å². The van der Waals surface area contributed by atoms with Crippen molar-refractivity contribution in [1.29, 1.82) is 0 Å². The second-order valence-electron chi connectivity index (χ2n) is 4.61. The number of halogens is 1. The highest BCUT2D eigenvalue weighted by Gasteiger charge is 2.24. The molecule has 0 radical (unpaired) electrons. The molecule has 0 heterocycles. The summed E-state index contributed by atoms with van der Waals surface area (Å²) in [6.45, 7) is 0.348. The molecule has 4 nitrogen and oxygen atoms in total. The van der Waals surface area contributed by atoms with Crippen molar-refractivity contribution in [2.75, 3.05) is 6.54 Å². The number of hydrogen-bond acceptors (Lipinski definition) is 3. The summed E-state index contributed by atoms with van der Waals surface area (Å²) in [5, 5.41) is 0. The first-order chi connectivity index (χ1) is 8.92. The van der Waals surface area contributed by atoms with Gasteiger partial charge in [0.05, 0.1) is 10.5 Å². The highest BCUT2D eigenvalue weighted by atomic mass is 32.2. The smallest absolute Gasteiger partial charge is 0.241 e. The van der Waals surface area contributed by atoms with Crippen LogP contribution in [0.1, 0.15) is 24.8 Å². The predicted molar refractivity (Wildman–Crippen MR) is 74.8 cm³/mol. The molecule has 0 unspecified atom stereocenters. The Morgan fingerprint density at radius 3 is 2.74 bits per heavy atom. The maximum absolute atomic E-state index is 13.6. The number of nitrogens with two attached hydrogens (primary N) is 1. The summed E-state index contributed by atoms with van der Waals surface area (Å²) in [5.74, 6) is -0.108. The summed E-state index contributed by atoms with van der Waals surface area (Å²) in [6, 6.07) is 3.77. The summed E-state index contributed by atoms with van der Waals surface area (Å²) < 4.78 is 40.3. The third-order valence-corrected chi connectivity index (χ3v) is 4.76. The highest BCUT2D eigenvalue weighted by Crippen LogP contribution is 2.31. The van der Waals surface area contributed by atoms with E-state index in [2.05, 4.69) is 4.72 Å². The van der Waals surface area contributed by atoms with E-state index in [9.17, 15) is 12.8 Å². The molecule has 0 amide bonds. The Hall–Kier alpha value is -1.05. The maximum atomic E-state index is 13.6. The van der Waals surface area contributed by atoms with E-state index in [0.717, 1.165) is 25.3 Å². The molecule has 19 heavy (non-hydrogen) atoms. The van der Waals surface area contributed by atoms with Crippen LogP contribution in [0.15, 0.2) is 23.1 Å². The van der Waals surface area contributed by atoms with Crippen molar-refractivity contribution >= 4 is 27.2 Å². The van der Waals surface area contributed by atoms with Crippen molar-refractivity contribution in [3.05, 3.63) is 29.6 Å². The first kappa shape index (κ1) is 14.4. The van der Waals surface area contributed by atoms with E-state index >= 15 is 0 Å². The maximum Gasteiger partial charge on any atom is 0.241 e.